The third-order valence-corrected chi connectivity index (χ3v) is 2.14. The van der Waals surface area contributed by atoms with E-state index in [0.717, 1.165) is 5.56 Å². The van der Waals surface area contributed by atoms with Crippen molar-refractivity contribution in [2.45, 2.75) is 13.0 Å². The van der Waals surface area contributed by atoms with Gasteiger partial charge in [0.2, 0.25) is 5.91 Å². The van der Waals surface area contributed by atoms with Crippen LogP contribution in [0.5, 0.6) is 5.75 Å². The topological polar surface area (TPSA) is 66.6 Å². The van der Waals surface area contributed by atoms with Gasteiger partial charge in [0.1, 0.15) is 5.75 Å². The first kappa shape index (κ1) is 11.5. The molecule has 0 radical (unpaired) electrons. The van der Waals surface area contributed by atoms with Gasteiger partial charge in [0.25, 0.3) is 0 Å². The summed E-state index contributed by atoms with van der Waals surface area (Å²) in [6, 6.07) is 6.80. The van der Waals surface area contributed by atoms with Crippen LogP contribution in [0, 0.1) is 0 Å². The van der Waals surface area contributed by atoms with Gasteiger partial charge in [0.15, 0.2) is 0 Å². The number of aromatic hydroxyl groups is 1. The molecule has 4 heteroatoms. The predicted molar refractivity (Wildman–Crippen MR) is 58.3 cm³/mol. The molecule has 0 heterocycles. The molecule has 0 aliphatic heterocycles. The Balaban J connectivity index is 2.54. The van der Waals surface area contributed by atoms with Crippen LogP contribution >= 0.6 is 0 Å². The molecule has 1 aromatic rings. The maximum atomic E-state index is 11.4. The average molecular weight is 208 g/mol. The minimum absolute atomic E-state index is 0.0329. The van der Waals surface area contributed by atoms with Gasteiger partial charge in [-0.3, -0.25) is 4.79 Å². The van der Waals surface area contributed by atoms with Crippen molar-refractivity contribution < 1.29 is 9.90 Å². The van der Waals surface area contributed by atoms with Crippen LogP contribution in [0.25, 0.3) is 0 Å². The van der Waals surface area contributed by atoms with E-state index < -0.39 is 0 Å². The summed E-state index contributed by atoms with van der Waals surface area (Å²) in [5.74, 6) is 0.264. The molecule has 1 aromatic carbocycles. The highest BCUT2D eigenvalue weighted by Crippen LogP contribution is 2.11. The average Bonchev–Trinajstić information content (AvgIpc) is 2.22. The van der Waals surface area contributed by atoms with Crippen LogP contribution in [0.4, 0.5) is 0 Å². The Morgan fingerprint density at radius 1 is 1.40 bits per heavy atom. The van der Waals surface area contributed by atoms with Gasteiger partial charge in [-0.15, -0.1) is 0 Å². The molecule has 0 spiro atoms. The molecule has 1 amide bonds. The number of nitrogens with two attached hydrogens (primary N) is 1. The van der Waals surface area contributed by atoms with Crippen LogP contribution in [-0.2, 0) is 11.3 Å². The van der Waals surface area contributed by atoms with Crippen LogP contribution in [-0.4, -0.2) is 29.5 Å². The van der Waals surface area contributed by atoms with Crippen molar-refractivity contribution in [3.63, 3.8) is 0 Å². The van der Waals surface area contributed by atoms with Crippen molar-refractivity contribution >= 4 is 5.91 Å². The van der Waals surface area contributed by atoms with Crippen molar-refractivity contribution in [2.24, 2.45) is 5.73 Å². The van der Waals surface area contributed by atoms with E-state index in [0.29, 0.717) is 19.5 Å². The zero-order chi connectivity index (χ0) is 11.3. The first-order chi connectivity index (χ1) is 7.13. The van der Waals surface area contributed by atoms with Crippen LogP contribution < -0.4 is 5.73 Å². The number of carbonyl (C=O) groups excluding carboxylic acids is 1. The molecule has 0 aliphatic rings. The lowest BCUT2D eigenvalue weighted by molar-refractivity contribution is -0.130. The standard InChI is InChI=1S/C11H16N2O2/c1-13(11(15)6-7-12)8-9-2-4-10(14)5-3-9/h2-5,14H,6-8,12H2,1H3. The van der Waals surface area contributed by atoms with Gasteiger partial charge in [0, 0.05) is 26.6 Å². The number of hydrogen-bond acceptors (Lipinski definition) is 3. The number of amides is 1. The lowest BCUT2D eigenvalue weighted by Gasteiger charge is -2.16. The minimum atomic E-state index is 0.0329. The molecule has 1 rings (SSSR count). The number of rotatable bonds is 4. The summed E-state index contributed by atoms with van der Waals surface area (Å²) >= 11 is 0. The van der Waals surface area contributed by atoms with Crippen LogP contribution in [0.1, 0.15) is 12.0 Å². The van der Waals surface area contributed by atoms with E-state index in [1.54, 1.807) is 36.2 Å². The first-order valence-corrected chi connectivity index (χ1v) is 4.85. The monoisotopic (exact) mass is 208 g/mol. The summed E-state index contributed by atoms with van der Waals surface area (Å²) in [5.41, 5.74) is 6.29. The summed E-state index contributed by atoms with van der Waals surface area (Å²) in [4.78, 5) is 13.0. The smallest absolute Gasteiger partial charge is 0.223 e. The van der Waals surface area contributed by atoms with E-state index in [9.17, 15) is 4.79 Å². The van der Waals surface area contributed by atoms with Crippen molar-refractivity contribution in [1.29, 1.82) is 0 Å². The number of phenols is 1. The Morgan fingerprint density at radius 2 is 2.00 bits per heavy atom. The Bertz CT molecular complexity index is 322. The third-order valence-electron chi connectivity index (χ3n) is 2.14. The van der Waals surface area contributed by atoms with Gasteiger partial charge in [0.05, 0.1) is 0 Å². The van der Waals surface area contributed by atoms with E-state index in [2.05, 4.69) is 0 Å². The normalized spacial score (nSPS) is 10.0. The molecule has 0 fully saturated rings. The highest BCUT2D eigenvalue weighted by Gasteiger charge is 2.07. The third kappa shape index (κ3) is 3.59. The van der Waals surface area contributed by atoms with Crippen molar-refractivity contribution in [3.05, 3.63) is 29.8 Å². The second kappa shape index (κ2) is 5.36. The van der Waals surface area contributed by atoms with Crippen molar-refractivity contribution in [1.82, 2.24) is 4.90 Å². The lowest BCUT2D eigenvalue weighted by atomic mass is 10.2. The van der Waals surface area contributed by atoms with Crippen molar-refractivity contribution in [2.75, 3.05) is 13.6 Å². The summed E-state index contributed by atoms with van der Waals surface area (Å²) in [7, 11) is 1.74. The number of hydrogen-bond donors (Lipinski definition) is 2. The molecule has 82 valence electrons. The van der Waals surface area contributed by atoms with Gasteiger partial charge in [-0.05, 0) is 17.7 Å². The lowest BCUT2D eigenvalue weighted by Crippen LogP contribution is -2.27. The fourth-order valence-corrected chi connectivity index (χ4v) is 1.28. The maximum Gasteiger partial charge on any atom is 0.223 e. The molecular weight excluding hydrogens is 192 g/mol. The fourth-order valence-electron chi connectivity index (χ4n) is 1.28. The van der Waals surface area contributed by atoms with Crippen LogP contribution in [0.2, 0.25) is 0 Å². The van der Waals surface area contributed by atoms with E-state index in [1.807, 2.05) is 0 Å². The fraction of sp³-hybridized carbons (Fsp3) is 0.364. The number of phenolic OH excluding ortho intramolecular Hbond substituents is 1. The Morgan fingerprint density at radius 3 is 2.53 bits per heavy atom. The molecule has 0 saturated carbocycles. The second-order valence-corrected chi connectivity index (χ2v) is 3.45. The zero-order valence-electron chi connectivity index (χ0n) is 8.81. The Labute approximate surface area is 89.3 Å². The molecule has 0 saturated heterocycles. The second-order valence-electron chi connectivity index (χ2n) is 3.45. The molecule has 0 unspecified atom stereocenters. The first-order valence-electron chi connectivity index (χ1n) is 4.85. The number of nitrogens with zero attached hydrogens (tertiary/aromatic N) is 1. The SMILES string of the molecule is CN(Cc1ccc(O)cc1)C(=O)CCN. The maximum absolute atomic E-state index is 11.4. The summed E-state index contributed by atoms with van der Waals surface area (Å²) in [5, 5.41) is 9.09. The van der Waals surface area contributed by atoms with E-state index >= 15 is 0 Å². The zero-order valence-corrected chi connectivity index (χ0v) is 8.81. The summed E-state index contributed by atoms with van der Waals surface area (Å²) in [6.07, 6.45) is 0.370. The molecule has 0 bridgehead atoms. The molecule has 0 aromatic heterocycles. The van der Waals surface area contributed by atoms with Crippen molar-refractivity contribution in [3.8, 4) is 5.75 Å². The van der Waals surface area contributed by atoms with Gasteiger partial charge in [-0.25, -0.2) is 0 Å². The van der Waals surface area contributed by atoms with Gasteiger partial charge in [-0.1, -0.05) is 12.1 Å². The molecular formula is C11H16N2O2. The quantitative estimate of drug-likeness (QED) is 0.765. The van der Waals surface area contributed by atoms with E-state index in [4.69, 9.17) is 10.8 Å². The molecule has 3 N–H and O–H groups in total. The Kier molecular flexibility index (Phi) is 4.12. The van der Waals surface area contributed by atoms with Crippen LogP contribution in [0.15, 0.2) is 24.3 Å². The molecule has 0 atom stereocenters. The predicted octanol–water partition coefficient (Wildman–Crippen LogP) is 0.699. The molecule has 15 heavy (non-hydrogen) atoms. The van der Waals surface area contributed by atoms with Gasteiger partial charge < -0.3 is 15.7 Å². The van der Waals surface area contributed by atoms with E-state index in [1.165, 1.54) is 0 Å². The number of benzene rings is 1. The van der Waals surface area contributed by atoms with Gasteiger partial charge >= 0.3 is 0 Å². The molecule has 0 aliphatic carbocycles. The summed E-state index contributed by atoms with van der Waals surface area (Å²) in [6.45, 7) is 0.915. The largest absolute Gasteiger partial charge is 0.508 e. The van der Waals surface area contributed by atoms with E-state index in [-0.39, 0.29) is 11.7 Å². The molecule has 4 nitrogen and oxygen atoms in total. The van der Waals surface area contributed by atoms with Crippen LogP contribution in [0.3, 0.4) is 0 Å². The highest BCUT2D eigenvalue weighted by molar-refractivity contribution is 5.76. The van der Waals surface area contributed by atoms with Gasteiger partial charge in [-0.2, -0.15) is 0 Å². The summed E-state index contributed by atoms with van der Waals surface area (Å²) < 4.78 is 0. The highest BCUT2D eigenvalue weighted by atomic mass is 16.3. The minimum Gasteiger partial charge on any atom is -0.508 e. The number of carbonyl (C=O) groups is 1. The Hall–Kier alpha value is -1.55.